The van der Waals surface area contributed by atoms with Crippen molar-refractivity contribution >= 4 is 23.5 Å². The van der Waals surface area contributed by atoms with E-state index in [0.717, 1.165) is 16.9 Å². The standard InChI is InChI=1S/C24H29FO4S/c1-13-10-17-16-5-4-14-11-15(26)6-8-23(14,3)24(16,25)19(27)12-22(17,2)20(13)30-18-7-9-29-21(18)28/h6,8,11,16-19,27H,4-5,7,9-10,12H2,1-3H3/t16-,17-,18+,19-,22-,23-,24-/m0/s1. The lowest BCUT2D eigenvalue weighted by molar-refractivity contribution is -0.184. The van der Waals surface area contributed by atoms with E-state index in [1.54, 1.807) is 23.9 Å². The van der Waals surface area contributed by atoms with Crippen LogP contribution >= 0.6 is 11.8 Å². The fourth-order valence-electron chi connectivity index (χ4n) is 7.07. The van der Waals surface area contributed by atoms with Crippen LogP contribution in [0.4, 0.5) is 4.39 Å². The highest BCUT2D eigenvalue weighted by Crippen LogP contribution is 2.70. The highest BCUT2D eigenvalue weighted by Gasteiger charge is 2.69. The molecule has 0 aromatic carbocycles. The van der Waals surface area contributed by atoms with E-state index in [1.165, 1.54) is 11.6 Å². The number of alkyl halides is 1. The third-order valence-electron chi connectivity index (χ3n) is 8.61. The molecule has 162 valence electrons. The number of allylic oxidation sites excluding steroid dienone is 6. The first-order valence-corrected chi connectivity index (χ1v) is 11.8. The summed E-state index contributed by atoms with van der Waals surface area (Å²) in [6.07, 6.45) is 6.73. The molecule has 6 heteroatoms. The highest BCUT2D eigenvalue weighted by molar-refractivity contribution is 8.04. The van der Waals surface area contributed by atoms with Crippen molar-refractivity contribution in [2.45, 2.75) is 69.9 Å². The van der Waals surface area contributed by atoms with Gasteiger partial charge in [0, 0.05) is 23.2 Å². The molecule has 1 heterocycles. The third-order valence-corrected chi connectivity index (χ3v) is 10.4. The maximum absolute atomic E-state index is 17.0. The van der Waals surface area contributed by atoms with Crippen molar-refractivity contribution in [1.82, 2.24) is 0 Å². The largest absolute Gasteiger partial charge is 0.465 e. The predicted molar refractivity (Wildman–Crippen MR) is 113 cm³/mol. The van der Waals surface area contributed by atoms with Crippen molar-refractivity contribution in [1.29, 1.82) is 0 Å². The molecular weight excluding hydrogens is 403 g/mol. The molecule has 0 aromatic rings. The smallest absolute Gasteiger partial charge is 0.319 e. The van der Waals surface area contributed by atoms with Crippen LogP contribution in [0.5, 0.6) is 0 Å². The fourth-order valence-corrected chi connectivity index (χ4v) is 8.52. The first kappa shape index (κ1) is 20.5. The van der Waals surface area contributed by atoms with Crippen molar-refractivity contribution in [3.8, 4) is 0 Å². The molecule has 4 aliphatic carbocycles. The molecule has 0 amide bonds. The summed E-state index contributed by atoms with van der Waals surface area (Å²) in [6.45, 7) is 6.54. The Kier molecular flexibility index (Phi) is 4.48. The van der Waals surface area contributed by atoms with Gasteiger partial charge in [0.15, 0.2) is 11.5 Å². The van der Waals surface area contributed by atoms with Crippen LogP contribution in [0.2, 0.25) is 0 Å². The molecule has 0 spiro atoms. The van der Waals surface area contributed by atoms with Gasteiger partial charge in [-0.1, -0.05) is 24.1 Å². The number of carbonyl (C=O) groups excluding carboxylic acids is 2. The topological polar surface area (TPSA) is 63.6 Å². The summed E-state index contributed by atoms with van der Waals surface area (Å²) in [4.78, 5) is 25.2. The van der Waals surface area contributed by atoms with Gasteiger partial charge in [-0.15, -0.1) is 11.8 Å². The van der Waals surface area contributed by atoms with Gasteiger partial charge in [-0.25, -0.2) is 4.39 Å². The van der Waals surface area contributed by atoms with E-state index in [2.05, 4.69) is 13.8 Å². The molecule has 7 atom stereocenters. The number of cyclic esters (lactones) is 1. The number of fused-ring (bicyclic) bond motifs is 5. The van der Waals surface area contributed by atoms with E-state index in [1.807, 2.05) is 6.92 Å². The number of aliphatic hydroxyl groups excluding tert-OH is 1. The van der Waals surface area contributed by atoms with Gasteiger partial charge in [0.1, 0.15) is 5.25 Å². The quantitative estimate of drug-likeness (QED) is 0.660. The first-order chi connectivity index (χ1) is 14.1. The molecule has 4 nitrogen and oxygen atoms in total. The zero-order valence-corrected chi connectivity index (χ0v) is 18.6. The minimum atomic E-state index is -1.80. The van der Waals surface area contributed by atoms with Crippen molar-refractivity contribution in [2.24, 2.45) is 22.7 Å². The normalized spacial score (nSPS) is 47.6. The van der Waals surface area contributed by atoms with E-state index < -0.39 is 17.2 Å². The summed E-state index contributed by atoms with van der Waals surface area (Å²) >= 11 is 1.58. The first-order valence-electron chi connectivity index (χ1n) is 11.0. The van der Waals surface area contributed by atoms with Crippen LogP contribution in [0.1, 0.15) is 52.9 Å². The summed E-state index contributed by atoms with van der Waals surface area (Å²) in [5.74, 6) is -0.481. The number of hydrogen-bond donors (Lipinski definition) is 1. The number of thioether (sulfide) groups is 1. The molecule has 0 bridgehead atoms. The van der Waals surface area contributed by atoms with Gasteiger partial charge < -0.3 is 9.84 Å². The fraction of sp³-hybridized carbons (Fsp3) is 0.667. The number of esters is 1. The predicted octanol–water partition coefficient (Wildman–Crippen LogP) is 4.29. The number of hydrogen-bond acceptors (Lipinski definition) is 5. The summed E-state index contributed by atoms with van der Waals surface area (Å²) in [5, 5.41) is 11.1. The molecule has 1 N–H and O–H groups in total. The highest BCUT2D eigenvalue weighted by atomic mass is 32.2. The third kappa shape index (κ3) is 2.49. The second-order valence-electron chi connectivity index (χ2n) is 10.1. The van der Waals surface area contributed by atoms with Gasteiger partial charge in [-0.3, -0.25) is 9.59 Å². The maximum atomic E-state index is 17.0. The SMILES string of the molecule is CC1=C(S[C@@H]2CCOC2=O)[C@@]2(C)C[C@H](O)[C@@]3(F)[C@@H](CCC4=CC(=O)C=C[C@@]43C)[C@@H]2C1. The summed E-state index contributed by atoms with van der Waals surface area (Å²) < 4.78 is 22.2. The minimum absolute atomic E-state index is 0.0789. The van der Waals surface area contributed by atoms with Gasteiger partial charge in [-0.05, 0) is 62.5 Å². The van der Waals surface area contributed by atoms with Crippen LogP contribution in [-0.2, 0) is 14.3 Å². The van der Waals surface area contributed by atoms with Crippen molar-refractivity contribution in [2.75, 3.05) is 6.61 Å². The number of ether oxygens (including phenoxy) is 1. The lowest BCUT2D eigenvalue weighted by Gasteiger charge is -2.61. The minimum Gasteiger partial charge on any atom is -0.465 e. The van der Waals surface area contributed by atoms with Crippen LogP contribution in [0, 0.1) is 22.7 Å². The van der Waals surface area contributed by atoms with Crippen molar-refractivity contribution in [3.63, 3.8) is 0 Å². The molecule has 5 aliphatic rings. The Bertz CT molecular complexity index is 922. The second kappa shape index (κ2) is 6.55. The Labute approximate surface area is 181 Å². The van der Waals surface area contributed by atoms with Crippen molar-refractivity contribution < 1.29 is 23.8 Å². The van der Waals surface area contributed by atoms with Crippen LogP contribution < -0.4 is 0 Å². The summed E-state index contributed by atoms with van der Waals surface area (Å²) in [6, 6.07) is 0. The van der Waals surface area contributed by atoms with Crippen LogP contribution in [-0.4, -0.2) is 40.5 Å². The van der Waals surface area contributed by atoms with Gasteiger partial charge in [0.05, 0.1) is 12.7 Å². The van der Waals surface area contributed by atoms with E-state index >= 15 is 4.39 Å². The van der Waals surface area contributed by atoms with Crippen molar-refractivity contribution in [3.05, 3.63) is 34.3 Å². The molecule has 0 radical (unpaired) electrons. The molecule has 5 rings (SSSR count). The molecule has 30 heavy (non-hydrogen) atoms. The van der Waals surface area contributed by atoms with Gasteiger partial charge in [0.25, 0.3) is 0 Å². The Balaban J connectivity index is 1.52. The number of halogens is 1. The molecular formula is C24H29FO4S. The van der Waals surface area contributed by atoms with Crippen LogP contribution in [0.15, 0.2) is 34.3 Å². The van der Waals surface area contributed by atoms with E-state index in [4.69, 9.17) is 4.74 Å². The zero-order chi connectivity index (χ0) is 21.5. The van der Waals surface area contributed by atoms with Gasteiger partial charge >= 0.3 is 5.97 Å². The Morgan fingerprint density at radius 2 is 2.00 bits per heavy atom. The lowest BCUT2D eigenvalue weighted by Crippen LogP contribution is -2.66. The summed E-state index contributed by atoms with van der Waals surface area (Å²) in [7, 11) is 0. The molecule has 3 fully saturated rings. The Hall–Kier alpha value is -1.40. The van der Waals surface area contributed by atoms with E-state index in [0.29, 0.717) is 32.3 Å². The average Bonchev–Trinajstić information content (AvgIpc) is 3.19. The summed E-state index contributed by atoms with van der Waals surface area (Å²) in [5.41, 5.74) is -1.08. The number of rotatable bonds is 2. The second-order valence-corrected chi connectivity index (χ2v) is 11.4. The van der Waals surface area contributed by atoms with Crippen LogP contribution in [0.3, 0.4) is 0 Å². The molecule has 1 aliphatic heterocycles. The van der Waals surface area contributed by atoms with E-state index in [9.17, 15) is 14.7 Å². The molecule has 0 aromatic heterocycles. The van der Waals surface area contributed by atoms with E-state index in [-0.39, 0.29) is 34.3 Å². The molecule has 0 unspecified atom stereocenters. The van der Waals surface area contributed by atoms with Crippen LogP contribution in [0.25, 0.3) is 0 Å². The lowest BCUT2D eigenvalue weighted by atomic mass is 9.46. The molecule has 2 saturated carbocycles. The Morgan fingerprint density at radius 3 is 2.70 bits per heavy atom. The molecule has 1 saturated heterocycles. The monoisotopic (exact) mass is 432 g/mol. The number of ketones is 1. The average molecular weight is 433 g/mol. The zero-order valence-electron chi connectivity index (χ0n) is 17.7. The Morgan fingerprint density at radius 1 is 1.23 bits per heavy atom. The van der Waals surface area contributed by atoms with Gasteiger partial charge in [0.2, 0.25) is 0 Å². The van der Waals surface area contributed by atoms with Gasteiger partial charge in [-0.2, -0.15) is 0 Å². The number of aliphatic hydroxyl groups is 1. The maximum Gasteiger partial charge on any atom is 0.319 e. The number of carbonyl (C=O) groups is 2.